The number of nitrogens with zero attached hydrogens (tertiary/aromatic N) is 3. The van der Waals surface area contributed by atoms with Gasteiger partial charge in [-0.15, -0.1) is 10.2 Å². The summed E-state index contributed by atoms with van der Waals surface area (Å²) in [5.41, 5.74) is 0.788. The van der Waals surface area contributed by atoms with Crippen LogP contribution >= 0.6 is 23.4 Å². The maximum absolute atomic E-state index is 13.8. The zero-order valence-corrected chi connectivity index (χ0v) is 17.5. The third-order valence-corrected chi connectivity index (χ3v) is 5.49. The summed E-state index contributed by atoms with van der Waals surface area (Å²) in [5.74, 6) is 0.363. The van der Waals surface area contributed by atoms with Crippen LogP contribution in [0, 0.1) is 11.6 Å². The van der Waals surface area contributed by atoms with Gasteiger partial charge in [-0.1, -0.05) is 41.6 Å². The van der Waals surface area contributed by atoms with Crippen molar-refractivity contribution >= 4 is 23.4 Å². The molecular formula is C20H20ClF2N3O2S. The van der Waals surface area contributed by atoms with E-state index in [4.69, 9.17) is 21.1 Å². The van der Waals surface area contributed by atoms with Crippen LogP contribution in [-0.2, 0) is 17.1 Å². The van der Waals surface area contributed by atoms with Crippen LogP contribution in [0.2, 0.25) is 5.02 Å². The Morgan fingerprint density at radius 2 is 1.97 bits per heavy atom. The third-order valence-electron chi connectivity index (χ3n) is 4.15. The minimum atomic E-state index is -0.441. The molecule has 0 bridgehead atoms. The van der Waals surface area contributed by atoms with Gasteiger partial charge in [0.2, 0.25) is 0 Å². The zero-order valence-electron chi connectivity index (χ0n) is 15.9. The fraction of sp³-hybridized carbons (Fsp3) is 0.300. The molecular weight excluding hydrogens is 420 g/mol. The second-order valence-electron chi connectivity index (χ2n) is 6.32. The Labute approximate surface area is 177 Å². The van der Waals surface area contributed by atoms with Crippen molar-refractivity contribution in [1.29, 1.82) is 0 Å². The molecule has 0 aliphatic heterocycles. The lowest BCUT2D eigenvalue weighted by Crippen LogP contribution is -2.16. The van der Waals surface area contributed by atoms with Crippen LogP contribution in [0.4, 0.5) is 8.78 Å². The lowest BCUT2D eigenvalue weighted by molar-refractivity contribution is 0.154. The maximum Gasteiger partial charge on any atom is 0.191 e. The molecule has 2 aromatic carbocycles. The van der Waals surface area contributed by atoms with Crippen LogP contribution in [0.15, 0.2) is 47.6 Å². The molecule has 0 saturated carbocycles. The molecule has 0 radical (unpaired) electrons. The average molecular weight is 440 g/mol. The molecule has 29 heavy (non-hydrogen) atoms. The predicted molar refractivity (Wildman–Crippen MR) is 108 cm³/mol. The molecule has 0 aliphatic carbocycles. The van der Waals surface area contributed by atoms with E-state index in [1.54, 1.807) is 31.4 Å². The van der Waals surface area contributed by atoms with Gasteiger partial charge in [-0.2, -0.15) is 0 Å². The number of hydrogen-bond donors (Lipinski definition) is 0. The van der Waals surface area contributed by atoms with Gasteiger partial charge in [-0.05, 0) is 36.8 Å². The average Bonchev–Trinajstić information content (AvgIpc) is 3.10. The molecule has 3 rings (SSSR count). The van der Waals surface area contributed by atoms with Crippen molar-refractivity contribution < 1.29 is 18.3 Å². The summed E-state index contributed by atoms with van der Waals surface area (Å²) in [6, 6.07) is 10.4. The van der Waals surface area contributed by atoms with E-state index >= 15 is 0 Å². The van der Waals surface area contributed by atoms with Gasteiger partial charge in [-0.3, -0.25) is 4.57 Å². The van der Waals surface area contributed by atoms with Crippen LogP contribution in [0.5, 0.6) is 5.75 Å². The van der Waals surface area contributed by atoms with Crippen molar-refractivity contribution in [3.8, 4) is 5.75 Å². The standard InChI is InChI=1S/C20H20ClF2N3O2S/c1-13(10-27-2)26-19(11-28-18-6-4-3-5-17(18)23)24-25-20(26)29-12-14-7-8-15(22)9-16(14)21/h3-9,13H,10-12H2,1-2H3. The molecule has 0 spiro atoms. The molecule has 1 unspecified atom stereocenters. The largest absolute Gasteiger partial charge is 0.483 e. The van der Waals surface area contributed by atoms with Gasteiger partial charge in [0.25, 0.3) is 0 Å². The molecule has 0 N–H and O–H groups in total. The Hall–Kier alpha value is -2.16. The number of thioether (sulfide) groups is 1. The minimum absolute atomic E-state index is 0.0554. The zero-order chi connectivity index (χ0) is 20.8. The highest BCUT2D eigenvalue weighted by atomic mass is 35.5. The Kier molecular flexibility index (Phi) is 7.46. The third kappa shape index (κ3) is 5.46. The van der Waals surface area contributed by atoms with E-state index in [2.05, 4.69) is 10.2 Å². The first kappa shape index (κ1) is 21.5. The van der Waals surface area contributed by atoms with Crippen LogP contribution in [0.3, 0.4) is 0 Å². The molecule has 5 nitrogen and oxygen atoms in total. The summed E-state index contributed by atoms with van der Waals surface area (Å²) in [5, 5.41) is 9.45. The van der Waals surface area contributed by atoms with Crippen molar-refractivity contribution in [1.82, 2.24) is 14.8 Å². The number of halogens is 3. The van der Waals surface area contributed by atoms with E-state index < -0.39 is 5.82 Å². The lowest BCUT2D eigenvalue weighted by atomic mass is 10.2. The monoisotopic (exact) mass is 439 g/mol. The Bertz CT molecular complexity index is 971. The number of hydrogen-bond acceptors (Lipinski definition) is 5. The molecule has 154 valence electrons. The summed E-state index contributed by atoms with van der Waals surface area (Å²) >= 11 is 7.53. The van der Waals surface area contributed by atoms with Gasteiger partial charge in [0, 0.05) is 17.9 Å². The molecule has 1 atom stereocenters. The van der Waals surface area contributed by atoms with Crippen LogP contribution < -0.4 is 4.74 Å². The summed E-state index contributed by atoms with van der Waals surface area (Å²) in [7, 11) is 1.61. The molecule has 9 heteroatoms. The summed E-state index contributed by atoms with van der Waals surface area (Å²) in [6.45, 7) is 2.46. The van der Waals surface area contributed by atoms with Crippen molar-refractivity contribution in [2.75, 3.05) is 13.7 Å². The summed E-state index contributed by atoms with van der Waals surface area (Å²) in [6.07, 6.45) is 0. The quantitative estimate of drug-likeness (QED) is 0.424. The number of methoxy groups -OCH3 is 1. The van der Waals surface area contributed by atoms with Gasteiger partial charge in [0.1, 0.15) is 12.4 Å². The highest BCUT2D eigenvalue weighted by molar-refractivity contribution is 7.98. The van der Waals surface area contributed by atoms with E-state index in [0.29, 0.717) is 28.4 Å². The number of rotatable bonds is 9. The topological polar surface area (TPSA) is 49.2 Å². The summed E-state index contributed by atoms with van der Waals surface area (Å²) < 4.78 is 39.8. The van der Waals surface area contributed by atoms with Gasteiger partial charge in [0.15, 0.2) is 22.5 Å². The number of aromatic nitrogens is 3. The van der Waals surface area contributed by atoms with Crippen LogP contribution in [0.1, 0.15) is 24.4 Å². The first-order valence-electron chi connectivity index (χ1n) is 8.86. The smallest absolute Gasteiger partial charge is 0.191 e. The van der Waals surface area contributed by atoms with Crippen molar-refractivity contribution in [2.24, 2.45) is 0 Å². The number of para-hydroxylation sites is 1. The number of ether oxygens (including phenoxy) is 2. The first-order valence-corrected chi connectivity index (χ1v) is 10.2. The fourth-order valence-electron chi connectivity index (χ4n) is 2.75. The molecule has 1 heterocycles. The van der Waals surface area contributed by atoms with E-state index in [1.807, 2.05) is 11.5 Å². The van der Waals surface area contributed by atoms with Gasteiger partial charge < -0.3 is 9.47 Å². The normalized spacial score (nSPS) is 12.2. The Balaban J connectivity index is 1.78. The predicted octanol–water partition coefficient (Wildman–Crippen LogP) is 5.29. The van der Waals surface area contributed by atoms with E-state index in [-0.39, 0.29) is 24.2 Å². The molecule has 0 amide bonds. The van der Waals surface area contributed by atoms with Gasteiger partial charge in [-0.25, -0.2) is 8.78 Å². The molecule has 0 saturated heterocycles. The van der Waals surface area contributed by atoms with Gasteiger partial charge >= 0.3 is 0 Å². The van der Waals surface area contributed by atoms with Gasteiger partial charge in [0.05, 0.1) is 12.6 Å². The van der Waals surface area contributed by atoms with Crippen molar-refractivity contribution in [3.05, 3.63) is 70.5 Å². The van der Waals surface area contributed by atoms with Crippen molar-refractivity contribution in [3.63, 3.8) is 0 Å². The first-order chi connectivity index (χ1) is 14.0. The van der Waals surface area contributed by atoms with E-state index in [0.717, 1.165) is 5.56 Å². The SMILES string of the molecule is COCC(C)n1c(COc2ccccc2F)nnc1SCc1ccc(F)cc1Cl. The minimum Gasteiger partial charge on any atom is -0.483 e. The van der Waals surface area contributed by atoms with Crippen LogP contribution in [0.25, 0.3) is 0 Å². The highest BCUT2D eigenvalue weighted by Crippen LogP contribution is 2.29. The highest BCUT2D eigenvalue weighted by Gasteiger charge is 2.19. The van der Waals surface area contributed by atoms with E-state index in [9.17, 15) is 8.78 Å². The van der Waals surface area contributed by atoms with E-state index in [1.165, 1.54) is 30.0 Å². The Morgan fingerprint density at radius 1 is 1.17 bits per heavy atom. The second kappa shape index (κ2) is 10.0. The molecule has 0 aliphatic rings. The lowest BCUT2D eigenvalue weighted by Gasteiger charge is -2.17. The second-order valence-corrected chi connectivity index (χ2v) is 7.67. The maximum atomic E-state index is 13.8. The molecule has 3 aromatic rings. The fourth-order valence-corrected chi connectivity index (χ4v) is 4.12. The van der Waals surface area contributed by atoms with Crippen LogP contribution in [-0.4, -0.2) is 28.5 Å². The van der Waals surface area contributed by atoms with Crippen molar-refractivity contribution in [2.45, 2.75) is 30.5 Å². The summed E-state index contributed by atoms with van der Waals surface area (Å²) in [4.78, 5) is 0. The molecule has 0 fully saturated rings. The number of benzene rings is 2. The molecule has 1 aromatic heterocycles. The Morgan fingerprint density at radius 3 is 2.69 bits per heavy atom.